The normalized spacial score (nSPS) is 11.1. The molecule has 5 rings (SSSR count). The van der Waals surface area contributed by atoms with Gasteiger partial charge in [-0.05, 0) is 50.2 Å². The fraction of sp³-hybridized carbons (Fsp3) is 0.160. The molecule has 0 aliphatic heterocycles. The molecule has 2 aromatic carbocycles. The van der Waals surface area contributed by atoms with E-state index < -0.39 is 5.82 Å². The highest BCUT2D eigenvalue weighted by Crippen LogP contribution is 2.31. The lowest BCUT2D eigenvalue weighted by Crippen LogP contribution is -2.02. The lowest BCUT2D eigenvalue weighted by atomic mass is 10.1. The number of nitrogens with zero attached hydrogens (tertiary/aromatic N) is 6. The van der Waals surface area contributed by atoms with Crippen LogP contribution in [0.5, 0.6) is 0 Å². The molecule has 3 heterocycles. The van der Waals surface area contributed by atoms with Crippen LogP contribution < -0.4 is 5.32 Å². The fourth-order valence-electron chi connectivity index (χ4n) is 3.71. The summed E-state index contributed by atoms with van der Waals surface area (Å²) >= 11 is 0. The van der Waals surface area contributed by atoms with E-state index in [4.69, 9.17) is 15.3 Å². The zero-order valence-electron chi connectivity index (χ0n) is 18.6. The molecule has 8 nitrogen and oxygen atoms in total. The highest BCUT2D eigenvalue weighted by molar-refractivity contribution is 5.84. The summed E-state index contributed by atoms with van der Waals surface area (Å²) in [6.45, 7) is 4.44. The lowest BCUT2D eigenvalue weighted by Gasteiger charge is -2.05. The highest BCUT2D eigenvalue weighted by atomic mass is 19.1. The van der Waals surface area contributed by atoms with Gasteiger partial charge in [-0.25, -0.2) is 9.37 Å². The third-order valence-electron chi connectivity index (χ3n) is 5.38. The first-order chi connectivity index (χ1) is 16.5. The molecule has 0 aliphatic rings. The summed E-state index contributed by atoms with van der Waals surface area (Å²) in [5.41, 5.74) is 5.47. The second kappa shape index (κ2) is 8.75. The number of fused-ring (bicyclic) bond motifs is 1. The maximum Gasteiger partial charge on any atom is 0.126 e. The maximum absolute atomic E-state index is 13.8. The maximum atomic E-state index is 13.8. The molecule has 0 atom stereocenters. The molecule has 0 saturated heterocycles. The molecule has 0 saturated carbocycles. The van der Waals surface area contributed by atoms with Crippen molar-refractivity contribution in [3.05, 3.63) is 78.3 Å². The summed E-state index contributed by atoms with van der Waals surface area (Å²) in [7, 11) is 0. The van der Waals surface area contributed by atoms with Gasteiger partial charge in [-0.2, -0.15) is 10.4 Å². The van der Waals surface area contributed by atoms with Crippen molar-refractivity contribution >= 4 is 16.7 Å². The smallest absolute Gasteiger partial charge is 0.126 e. The number of hydrogen-bond acceptors (Lipinski definition) is 6. The second-order valence-corrected chi connectivity index (χ2v) is 8.14. The van der Waals surface area contributed by atoms with E-state index >= 15 is 0 Å². The molecular formula is C25H21FN8. The number of aromatic nitrogens is 6. The average Bonchev–Trinajstić information content (AvgIpc) is 3.50. The Kier molecular flexibility index (Phi) is 5.47. The number of rotatable bonds is 6. The van der Waals surface area contributed by atoms with E-state index in [0.717, 1.165) is 33.7 Å². The molecule has 0 unspecified atom stereocenters. The summed E-state index contributed by atoms with van der Waals surface area (Å²) in [5, 5.41) is 16.9. The van der Waals surface area contributed by atoms with E-state index in [1.165, 1.54) is 12.1 Å². The van der Waals surface area contributed by atoms with Crippen molar-refractivity contribution < 1.29 is 4.39 Å². The van der Waals surface area contributed by atoms with Crippen LogP contribution in [-0.2, 0) is 6.54 Å². The van der Waals surface area contributed by atoms with Gasteiger partial charge in [-0.15, -0.1) is 0 Å². The van der Waals surface area contributed by atoms with Crippen LogP contribution in [0.4, 0.5) is 10.1 Å². The molecule has 168 valence electrons. The van der Waals surface area contributed by atoms with Gasteiger partial charge in [0.2, 0.25) is 0 Å². The molecule has 5 aromatic rings. The molecule has 0 aliphatic carbocycles. The van der Waals surface area contributed by atoms with E-state index in [9.17, 15) is 4.39 Å². The van der Waals surface area contributed by atoms with Gasteiger partial charge in [0, 0.05) is 35.9 Å². The quantitative estimate of drug-likeness (QED) is 0.372. The van der Waals surface area contributed by atoms with Crippen molar-refractivity contribution in [2.24, 2.45) is 0 Å². The molecule has 0 radical (unpaired) electrons. The average molecular weight is 452 g/mol. The first-order valence-corrected chi connectivity index (χ1v) is 10.8. The number of H-pyrrole nitrogens is 1. The van der Waals surface area contributed by atoms with Gasteiger partial charge in [0.1, 0.15) is 17.3 Å². The van der Waals surface area contributed by atoms with Crippen molar-refractivity contribution in [1.29, 1.82) is 5.26 Å². The van der Waals surface area contributed by atoms with Gasteiger partial charge in [-0.1, -0.05) is 6.07 Å². The van der Waals surface area contributed by atoms with Crippen LogP contribution >= 0.6 is 0 Å². The lowest BCUT2D eigenvalue weighted by molar-refractivity contribution is 0.534. The summed E-state index contributed by atoms with van der Waals surface area (Å²) in [6.07, 6.45) is 5.25. The molecular weight excluding hydrogens is 431 g/mol. The van der Waals surface area contributed by atoms with Crippen LogP contribution in [0.3, 0.4) is 0 Å². The third-order valence-corrected chi connectivity index (χ3v) is 5.38. The highest BCUT2D eigenvalue weighted by Gasteiger charge is 2.18. The van der Waals surface area contributed by atoms with Crippen molar-refractivity contribution in [2.75, 3.05) is 5.32 Å². The number of nitrogens with one attached hydrogen (secondary N) is 2. The number of nitriles is 1. The summed E-state index contributed by atoms with van der Waals surface area (Å²) in [4.78, 5) is 16.9. The minimum atomic E-state index is -0.473. The second-order valence-electron chi connectivity index (χ2n) is 8.14. The van der Waals surface area contributed by atoms with Crippen molar-refractivity contribution in [3.63, 3.8) is 0 Å². The van der Waals surface area contributed by atoms with E-state index in [0.29, 0.717) is 18.1 Å². The molecule has 0 spiro atoms. The molecule has 0 bridgehead atoms. The zero-order chi connectivity index (χ0) is 23.7. The number of imidazole rings is 1. The summed E-state index contributed by atoms with van der Waals surface area (Å²) in [5.74, 6) is 0.171. The van der Waals surface area contributed by atoms with Gasteiger partial charge < -0.3 is 10.3 Å². The fourth-order valence-corrected chi connectivity index (χ4v) is 3.71. The predicted octanol–water partition coefficient (Wildman–Crippen LogP) is 5.09. The van der Waals surface area contributed by atoms with Gasteiger partial charge in [0.15, 0.2) is 0 Å². The Morgan fingerprint density at radius 2 is 1.91 bits per heavy atom. The SMILES string of the molecule is CC(C)n1ccc(-c2[nH]c(CNc3cc(F)cc(C#N)c3)nc2-c2ccc3nccnc3c2)n1. The summed E-state index contributed by atoms with van der Waals surface area (Å²) in [6, 6.07) is 14.1. The van der Waals surface area contributed by atoms with Gasteiger partial charge in [-0.3, -0.25) is 14.6 Å². The van der Waals surface area contributed by atoms with Gasteiger partial charge >= 0.3 is 0 Å². The Labute approximate surface area is 195 Å². The number of aromatic amines is 1. The van der Waals surface area contributed by atoms with Crippen molar-refractivity contribution in [3.8, 4) is 28.7 Å². The Morgan fingerprint density at radius 1 is 1.09 bits per heavy atom. The van der Waals surface area contributed by atoms with E-state index in [-0.39, 0.29) is 11.6 Å². The monoisotopic (exact) mass is 452 g/mol. The largest absolute Gasteiger partial charge is 0.378 e. The van der Waals surface area contributed by atoms with Gasteiger partial charge in [0.25, 0.3) is 0 Å². The Balaban J connectivity index is 1.53. The van der Waals surface area contributed by atoms with E-state index in [1.807, 2.05) is 41.2 Å². The Hall–Kier alpha value is -4.58. The minimum Gasteiger partial charge on any atom is -0.378 e. The Bertz CT molecular complexity index is 1530. The third kappa shape index (κ3) is 4.21. The topological polar surface area (TPSA) is 108 Å². The molecule has 2 N–H and O–H groups in total. The number of halogens is 1. The van der Waals surface area contributed by atoms with Crippen LogP contribution in [0.2, 0.25) is 0 Å². The van der Waals surface area contributed by atoms with Crippen LogP contribution in [0.25, 0.3) is 33.7 Å². The number of hydrogen-bond donors (Lipinski definition) is 2. The molecule has 0 fully saturated rings. The van der Waals surface area contributed by atoms with Crippen LogP contribution in [-0.4, -0.2) is 29.7 Å². The van der Waals surface area contributed by atoms with Crippen molar-refractivity contribution in [2.45, 2.75) is 26.4 Å². The van der Waals surface area contributed by atoms with Crippen LogP contribution in [0.15, 0.2) is 61.1 Å². The predicted molar refractivity (Wildman–Crippen MR) is 127 cm³/mol. The zero-order valence-corrected chi connectivity index (χ0v) is 18.6. The molecule has 3 aromatic heterocycles. The number of anilines is 1. The molecule has 0 amide bonds. The summed E-state index contributed by atoms with van der Waals surface area (Å²) < 4.78 is 15.7. The van der Waals surface area contributed by atoms with Crippen LogP contribution in [0.1, 0.15) is 31.3 Å². The minimum absolute atomic E-state index is 0.222. The molecule has 34 heavy (non-hydrogen) atoms. The molecule has 9 heteroatoms. The first-order valence-electron chi connectivity index (χ1n) is 10.8. The first kappa shape index (κ1) is 21.3. The van der Waals surface area contributed by atoms with Crippen LogP contribution in [0, 0.1) is 17.1 Å². The standard InChI is InChI=1S/C25H21FN8/c1-15(2)34-8-5-21(33-34)25-24(17-3-4-20-22(11-17)29-7-6-28-20)31-23(32-25)14-30-19-10-16(13-27)9-18(26)12-19/h3-12,15,30H,14H2,1-2H3,(H,31,32). The van der Waals surface area contributed by atoms with E-state index in [1.54, 1.807) is 18.5 Å². The van der Waals surface area contributed by atoms with Crippen molar-refractivity contribution in [1.82, 2.24) is 29.7 Å². The number of benzene rings is 2. The van der Waals surface area contributed by atoms with Gasteiger partial charge in [0.05, 0.1) is 40.6 Å². The Morgan fingerprint density at radius 3 is 2.68 bits per heavy atom. The van der Waals surface area contributed by atoms with E-state index in [2.05, 4.69) is 34.1 Å².